The van der Waals surface area contributed by atoms with Crippen molar-refractivity contribution in [2.45, 2.75) is 68.5 Å². The van der Waals surface area contributed by atoms with Gasteiger partial charge in [-0.2, -0.15) is 0 Å². The fraction of sp³-hybridized carbons (Fsp3) is 0.545. The first-order valence-corrected chi connectivity index (χ1v) is 15.5. The molecule has 0 radical (unpaired) electrons. The molecule has 2 aromatic carbocycles. The first kappa shape index (κ1) is 24.2. The molecule has 1 spiro atoms. The summed E-state index contributed by atoms with van der Waals surface area (Å²) in [5, 5.41) is 0. The normalized spacial score (nSPS) is 36.1. The van der Waals surface area contributed by atoms with Gasteiger partial charge in [-0.1, -0.05) is 55.0 Å². The Hall–Kier alpha value is -1.88. The number of ether oxygens (including phenoxy) is 2. The molecule has 1 saturated heterocycles. The summed E-state index contributed by atoms with van der Waals surface area (Å²) in [4.78, 5) is 14.6. The number of Topliss-reactive ketones (excluding diaryl/α,β-unsaturated/α-hetero) is 1. The van der Waals surface area contributed by atoms with Gasteiger partial charge in [0.25, 0.3) is 0 Å². The maximum atomic E-state index is 13.3. The average molecular weight is 515 g/mol. The lowest BCUT2D eigenvalue weighted by Gasteiger charge is -2.56. The zero-order valence-electron chi connectivity index (χ0n) is 22.1. The molecule has 3 nitrogen and oxygen atoms in total. The van der Waals surface area contributed by atoms with Crippen molar-refractivity contribution < 1.29 is 14.3 Å². The molecule has 2 aromatic rings. The number of ketones is 1. The Labute approximate surface area is 225 Å². The van der Waals surface area contributed by atoms with Crippen LogP contribution in [-0.2, 0) is 14.3 Å². The largest absolute Gasteiger partial charge is 0.347 e. The van der Waals surface area contributed by atoms with Crippen molar-refractivity contribution in [1.29, 1.82) is 0 Å². The third kappa shape index (κ3) is 3.89. The molecule has 37 heavy (non-hydrogen) atoms. The van der Waals surface area contributed by atoms with E-state index in [1.165, 1.54) is 21.6 Å². The molecule has 0 amide bonds. The first-order valence-electron chi connectivity index (χ1n) is 14.2. The zero-order chi connectivity index (χ0) is 25.2. The maximum absolute atomic E-state index is 13.3. The molecule has 1 aliphatic heterocycles. The average Bonchev–Trinajstić information content (AvgIpc) is 3.51. The second kappa shape index (κ2) is 9.10. The Morgan fingerprint density at radius 1 is 0.919 bits per heavy atom. The lowest BCUT2D eigenvalue weighted by molar-refractivity contribution is -0.176. The van der Waals surface area contributed by atoms with Gasteiger partial charge < -0.3 is 9.47 Å². The van der Waals surface area contributed by atoms with E-state index in [0.29, 0.717) is 35.4 Å². The fourth-order valence-corrected chi connectivity index (χ4v) is 9.35. The summed E-state index contributed by atoms with van der Waals surface area (Å²) in [6.45, 7) is 3.75. The Kier molecular flexibility index (Phi) is 5.95. The van der Waals surface area contributed by atoms with Gasteiger partial charge in [0.15, 0.2) is 5.79 Å². The third-order valence-corrected chi connectivity index (χ3v) is 11.5. The molecular weight excluding hydrogens is 476 g/mol. The van der Waals surface area contributed by atoms with E-state index in [0.717, 1.165) is 58.2 Å². The van der Waals surface area contributed by atoms with Gasteiger partial charge in [-0.15, -0.1) is 11.8 Å². The first-order chi connectivity index (χ1) is 18.0. The van der Waals surface area contributed by atoms with Crippen LogP contribution in [0.1, 0.15) is 63.4 Å². The van der Waals surface area contributed by atoms with Crippen molar-refractivity contribution in [3.8, 4) is 11.1 Å². The number of carbonyl (C=O) groups excluding carboxylic acids is 1. The van der Waals surface area contributed by atoms with E-state index in [-0.39, 0.29) is 11.2 Å². The number of allylic oxidation sites excluding steroid dienone is 1. The second-order valence-electron chi connectivity index (χ2n) is 12.3. The van der Waals surface area contributed by atoms with Crippen molar-refractivity contribution >= 4 is 17.5 Å². The predicted molar refractivity (Wildman–Crippen MR) is 149 cm³/mol. The summed E-state index contributed by atoms with van der Waals surface area (Å²) in [5.74, 6) is 2.89. The Morgan fingerprint density at radius 3 is 2.32 bits per heavy atom. The number of fused-ring (bicyclic) bond motifs is 5. The Bertz CT molecular complexity index is 1210. The summed E-state index contributed by atoms with van der Waals surface area (Å²) in [6.07, 6.45) is 11.7. The highest BCUT2D eigenvalue weighted by Crippen LogP contribution is 2.65. The standard InChI is InChI=1S/C33H38O3S/c1-32-20-28(23-5-3-21(4-6-23)22-7-10-25(37-2)11-8-22)31-26-15-16-33(35-17-18-36-33)19-24(26)9-12-27(31)29(32)13-14-30(32)34/h3-11,26-29,31H,12-20H2,1-2H3/t26-,27-,28+,29-,31+,32-/m0/s1. The van der Waals surface area contributed by atoms with Crippen molar-refractivity contribution in [1.82, 2.24) is 0 Å². The quantitative estimate of drug-likeness (QED) is 0.311. The number of rotatable bonds is 3. The lowest BCUT2D eigenvalue weighted by atomic mass is 9.48. The molecule has 0 unspecified atom stereocenters. The van der Waals surface area contributed by atoms with E-state index >= 15 is 0 Å². The van der Waals surface area contributed by atoms with Crippen LogP contribution in [0.15, 0.2) is 65.1 Å². The smallest absolute Gasteiger partial charge is 0.172 e. The molecule has 3 saturated carbocycles. The van der Waals surface area contributed by atoms with Gasteiger partial charge in [-0.05, 0) is 90.4 Å². The maximum Gasteiger partial charge on any atom is 0.172 e. The molecule has 4 fully saturated rings. The van der Waals surface area contributed by atoms with Crippen LogP contribution in [-0.4, -0.2) is 31.0 Å². The number of thioether (sulfide) groups is 1. The summed E-state index contributed by atoms with van der Waals surface area (Å²) in [6, 6.07) is 18.2. The van der Waals surface area contributed by atoms with Gasteiger partial charge in [0.05, 0.1) is 13.2 Å². The van der Waals surface area contributed by atoms with Crippen LogP contribution >= 0.6 is 11.8 Å². The van der Waals surface area contributed by atoms with Crippen molar-refractivity contribution in [3.63, 3.8) is 0 Å². The fourth-order valence-electron chi connectivity index (χ4n) is 8.94. The zero-order valence-corrected chi connectivity index (χ0v) is 22.9. The molecular formula is C33H38O3S. The van der Waals surface area contributed by atoms with Gasteiger partial charge in [-0.25, -0.2) is 0 Å². The highest BCUT2D eigenvalue weighted by Gasteiger charge is 2.60. The third-order valence-electron chi connectivity index (χ3n) is 10.7. The van der Waals surface area contributed by atoms with E-state index < -0.39 is 0 Å². The Morgan fingerprint density at radius 2 is 1.62 bits per heavy atom. The Balaban J connectivity index is 1.23. The summed E-state index contributed by atoms with van der Waals surface area (Å²) in [5.41, 5.74) is 5.36. The summed E-state index contributed by atoms with van der Waals surface area (Å²) >= 11 is 1.78. The van der Waals surface area contributed by atoms with Crippen molar-refractivity contribution in [3.05, 3.63) is 65.7 Å². The topological polar surface area (TPSA) is 35.5 Å². The highest BCUT2D eigenvalue weighted by molar-refractivity contribution is 7.98. The molecule has 6 atom stereocenters. The van der Waals surface area contributed by atoms with Crippen LogP contribution in [0.25, 0.3) is 11.1 Å². The van der Waals surface area contributed by atoms with Gasteiger partial charge in [0.2, 0.25) is 0 Å². The minimum Gasteiger partial charge on any atom is -0.347 e. The monoisotopic (exact) mass is 514 g/mol. The highest BCUT2D eigenvalue weighted by atomic mass is 32.2. The van der Waals surface area contributed by atoms with Gasteiger partial charge in [-0.3, -0.25) is 4.79 Å². The van der Waals surface area contributed by atoms with E-state index in [9.17, 15) is 4.79 Å². The molecule has 7 rings (SSSR count). The minimum atomic E-state index is -0.370. The second-order valence-corrected chi connectivity index (χ2v) is 13.2. The van der Waals surface area contributed by atoms with Crippen LogP contribution in [0.3, 0.4) is 0 Å². The van der Waals surface area contributed by atoms with E-state index in [2.05, 4.69) is 67.8 Å². The molecule has 0 bridgehead atoms. The molecule has 0 N–H and O–H groups in total. The van der Waals surface area contributed by atoms with Gasteiger partial charge >= 0.3 is 0 Å². The molecule has 5 aliphatic rings. The van der Waals surface area contributed by atoms with Crippen LogP contribution in [0.4, 0.5) is 0 Å². The van der Waals surface area contributed by atoms with E-state index in [1.54, 1.807) is 17.3 Å². The molecule has 4 aliphatic carbocycles. The van der Waals surface area contributed by atoms with Gasteiger partial charge in [0, 0.05) is 29.6 Å². The van der Waals surface area contributed by atoms with Crippen LogP contribution < -0.4 is 0 Å². The van der Waals surface area contributed by atoms with E-state index in [4.69, 9.17) is 9.47 Å². The number of carbonyl (C=O) groups is 1. The summed E-state index contributed by atoms with van der Waals surface area (Å²) < 4.78 is 12.3. The number of hydrogen-bond donors (Lipinski definition) is 0. The van der Waals surface area contributed by atoms with Gasteiger partial charge in [0.1, 0.15) is 5.78 Å². The van der Waals surface area contributed by atoms with Crippen LogP contribution in [0.2, 0.25) is 0 Å². The van der Waals surface area contributed by atoms with E-state index in [1.807, 2.05) is 0 Å². The number of hydrogen-bond acceptors (Lipinski definition) is 4. The molecule has 1 heterocycles. The minimum absolute atomic E-state index is 0.170. The van der Waals surface area contributed by atoms with Crippen LogP contribution in [0, 0.1) is 29.1 Å². The molecule has 0 aromatic heterocycles. The lowest BCUT2D eigenvalue weighted by Crippen LogP contribution is -2.51. The van der Waals surface area contributed by atoms with Crippen LogP contribution in [0.5, 0.6) is 0 Å². The molecule has 194 valence electrons. The van der Waals surface area contributed by atoms with Crippen molar-refractivity contribution in [2.75, 3.05) is 19.5 Å². The van der Waals surface area contributed by atoms with Crippen molar-refractivity contribution in [2.24, 2.45) is 29.1 Å². The molecule has 4 heteroatoms. The summed E-state index contributed by atoms with van der Waals surface area (Å²) in [7, 11) is 0. The SMILES string of the molecule is CSc1ccc(-c2ccc([C@H]3C[C@]4(C)C(=O)CC[C@H]4[C@@H]4CC=C5CC6(CC[C@@H]5[C@H]43)OCCO6)cc2)cc1. The number of benzene rings is 2. The predicted octanol–water partition coefficient (Wildman–Crippen LogP) is 7.65.